The minimum absolute atomic E-state index is 0.483. The molecule has 0 saturated heterocycles. The minimum Gasteiger partial charge on any atom is -0.493 e. The molecule has 0 unspecified atom stereocenters. The number of hydrogen-bond donors (Lipinski definition) is 1. The topological polar surface area (TPSA) is 35.2 Å². The van der Waals surface area contributed by atoms with Gasteiger partial charge in [-0.3, -0.25) is 0 Å². The molecule has 4 bridgehead atoms. The lowest BCUT2D eigenvalue weighted by atomic mass is 9.50. The lowest BCUT2D eigenvalue weighted by molar-refractivity contribution is -0.0746. The Morgan fingerprint density at radius 3 is 2.20 bits per heavy atom. The molecule has 2 N–H and O–H groups in total. The highest BCUT2D eigenvalue weighted by Gasteiger charge is 2.51. The monoisotopic (exact) mass is 271 g/mol. The van der Waals surface area contributed by atoms with Gasteiger partial charge in [0.25, 0.3) is 0 Å². The lowest BCUT2D eigenvalue weighted by Crippen LogP contribution is -2.48. The van der Waals surface area contributed by atoms with E-state index in [4.69, 9.17) is 10.5 Å². The Bertz CT molecular complexity index is 461. The van der Waals surface area contributed by atoms with Gasteiger partial charge in [0.2, 0.25) is 0 Å². The highest BCUT2D eigenvalue weighted by atomic mass is 16.5. The first kappa shape index (κ1) is 12.7. The van der Waals surface area contributed by atoms with Crippen molar-refractivity contribution in [2.45, 2.75) is 45.1 Å². The highest BCUT2D eigenvalue weighted by Crippen LogP contribution is 2.60. The third kappa shape index (κ3) is 2.14. The van der Waals surface area contributed by atoms with E-state index >= 15 is 0 Å². The third-order valence-electron chi connectivity index (χ3n) is 5.89. The maximum atomic E-state index is 6.23. The first-order valence-electron chi connectivity index (χ1n) is 8.17. The van der Waals surface area contributed by atoms with Crippen molar-refractivity contribution in [3.05, 3.63) is 29.8 Å². The van der Waals surface area contributed by atoms with Crippen LogP contribution in [-0.2, 0) is 6.54 Å². The molecule has 4 saturated carbocycles. The molecule has 4 aliphatic rings. The largest absolute Gasteiger partial charge is 0.493 e. The van der Waals surface area contributed by atoms with Crippen molar-refractivity contribution >= 4 is 0 Å². The zero-order valence-electron chi connectivity index (χ0n) is 12.2. The van der Waals surface area contributed by atoms with Crippen molar-refractivity contribution in [3.8, 4) is 5.75 Å². The van der Waals surface area contributed by atoms with Crippen LogP contribution in [0.1, 0.15) is 44.1 Å². The average Bonchev–Trinajstić information content (AvgIpc) is 2.44. The molecular weight excluding hydrogens is 246 g/mol. The molecule has 0 aliphatic heterocycles. The number of benzene rings is 1. The smallest absolute Gasteiger partial charge is 0.123 e. The zero-order chi connectivity index (χ0) is 13.6. The maximum Gasteiger partial charge on any atom is 0.123 e. The van der Waals surface area contributed by atoms with E-state index in [0.29, 0.717) is 12.0 Å². The van der Waals surface area contributed by atoms with Crippen LogP contribution in [0.2, 0.25) is 0 Å². The van der Waals surface area contributed by atoms with Crippen LogP contribution in [0.25, 0.3) is 0 Å². The van der Waals surface area contributed by atoms with E-state index in [9.17, 15) is 0 Å². The standard InChI is InChI=1S/C18H25NO/c19-11-16-3-1-2-4-17(16)20-12-18-8-13-5-14(9-18)7-15(6-13)10-18/h1-4,13-15H,5-12,19H2. The Morgan fingerprint density at radius 2 is 1.60 bits per heavy atom. The summed E-state index contributed by atoms with van der Waals surface area (Å²) in [4.78, 5) is 0. The quantitative estimate of drug-likeness (QED) is 0.905. The van der Waals surface area contributed by atoms with Crippen molar-refractivity contribution in [1.82, 2.24) is 0 Å². The third-order valence-corrected chi connectivity index (χ3v) is 5.89. The average molecular weight is 271 g/mol. The molecule has 0 atom stereocenters. The molecule has 1 aromatic rings. The first-order valence-corrected chi connectivity index (χ1v) is 8.17. The molecule has 4 fully saturated rings. The van der Waals surface area contributed by atoms with E-state index in [1.165, 1.54) is 38.5 Å². The fraction of sp³-hybridized carbons (Fsp3) is 0.667. The number of nitrogens with two attached hydrogens (primary N) is 1. The summed E-state index contributed by atoms with van der Waals surface area (Å²) in [6, 6.07) is 8.24. The second-order valence-electron chi connectivity index (χ2n) is 7.52. The molecule has 4 aliphatic carbocycles. The van der Waals surface area contributed by atoms with Crippen LogP contribution in [0.5, 0.6) is 5.75 Å². The van der Waals surface area contributed by atoms with Gasteiger partial charge in [-0.2, -0.15) is 0 Å². The van der Waals surface area contributed by atoms with Crippen LogP contribution in [0.4, 0.5) is 0 Å². The molecular formula is C18H25NO. The fourth-order valence-electron chi connectivity index (χ4n) is 5.51. The zero-order valence-corrected chi connectivity index (χ0v) is 12.2. The van der Waals surface area contributed by atoms with Crippen LogP contribution < -0.4 is 10.5 Å². The summed E-state index contributed by atoms with van der Waals surface area (Å²) in [5.74, 6) is 3.99. The SMILES string of the molecule is NCc1ccccc1OCC12CC3CC(CC(C3)C1)C2. The molecule has 20 heavy (non-hydrogen) atoms. The molecule has 5 rings (SSSR count). The van der Waals surface area contributed by atoms with Gasteiger partial charge in [-0.25, -0.2) is 0 Å². The summed E-state index contributed by atoms with van der Waals surface area (Å²) < 4.78 is 6.23. The molecule has 0 heterocycles. The number of hydrogen-bond acceptors (Lipinski definition) is 2. The highest BCUT2D eigenvalue weighted by molar-refractivity contribution is 5.33. The normalized spacial score (nSPS) is 38.1. The molecule has 1 aromatic carbocycles. The summed E-state index contributed by atoms with van der Waals surface area (Å²) in [6.45, 7) is 1.48. The Labute approximate surface area is 121 Å². The van der Waals surface area contributed by atoms with E-state index in [1.54, 1.807) is 0 Å². The van der Waals surface area contributed by atoms with Crippen molar-refractivity contribution in [2.75, 3.05) is 6.61 Å². The number of rotatable bonds is 4. The van der Waals surface area contributed by atoms with E-state index < -0.39 is 0 Å². The van der Waals surface area contributed by atoms with Crippen molar-refractivity contribution in [2.24, 2.45) is 28.9 Å². The van der Waals surface area contributed by atoms with Gasteiger partial charge in [-0.05, 0) is 62.3 Å². The number of para-hydroxylation sites is 1. The maximum absolute atomic E-state index is 6.23. The van der Waals surface area contributed by atoms with Gasteiger partial charge >= 0.3 is 0 Å². The van der Waals surface area contributed by atoms with Gasteiger partial charge in [-0.15, -0.1) is 0 Å². The van der Waals surface area contributed by atoms with Crippen LogP contribution in [0, 0.1) is 23.2 Å². The molecule has 0 radical (unpaired) electrons. The molecule has 0 aromatic heterocycles. The van der Waals surface area contributed by atoms with E-state index in [0.717, 1.165) is 35.7 Å². The molecule has 0 spiro atoms. The first-order chi connectivity index (χ1) is 9.76. The Hall–Kier alpha value is -1.02. The van der Waals surface area contributed by atoms with Gasteiger partial charge in [-0.1, -0.05) is 18.2 Å². The van der Waals surface area contributed by atoms with Crippen LogP contribution in [0.15, 0.2) is 24.3 Å². The van der Waals surface area contributed by atoms with Gasteiger partial charge in [0.05, 0.1) is 6.61 Å². The van der Waals surface area contributed by atoms with Crippen molar-refractivity contribution < 1.29 is 4.74 Å². The Morgan fingerprint density at radius 1 is 1.00 bits per heavy atom. The molecule has 2 nitrogen and oxygen atoms in total. The van der Waals surface area contributed by atoms with E-state index in [2.05, 4.69) is 12.1 Å². The predicted molar refractivity (Wildman–Crippen MR) is 80.4 cm³/mol. The second-order valence-corrected chi connectivity index (χ2v) is 7.52. The van der Waals surface area contributed by atoms with Crippen molar-refractivity contribution in [1.29, 1.82) is 0 Å². The van der Waals surface area contributed by atoms with Gasteiger partial charge in [0.15, 0.2) is 0 Å². The van der Waals surface area contributed by atoms with E-state index in [-0.39, 0.29) is 0 Å². The molecule has 108 valence electrons. The minimum atomic E-state index is 0.483. The number of ether oxygens (including phenoxy) is 1. The Balaban J connectivity index is 1.49. The van der Waals surface area contributed by atoms with Gasteiger partial charge in [0.1, 0.15) is 5.75 Å². The van der Waals surface area contributed by atoms with Gasteiger partial charge in [0, 0.05) is 17.5 Å². The molecule has 0 amide bonds. The summed E-state index contributed by atoms with van der Waals surface area (Å²) >= 11 is 0. The summed E-state index contributed by atoms with van der Waals surface area (Å²) in [7, 11) is 0. The lowest BCUT2D eigenvalue weighted by Gasteiger charge is -2.56. The second kappa shape index (κ2) is 4.77. The summed E-state index contributed by atoms with van der Waals surface area (Å²) in [5, 5.41) is 0. The molecule has 2 heteroatoms. The van der Waals surface area contributed by atoms with Crippen LogP contribution in [0.3, 0.4) is 0 Å². The summed E-state index contributed by atoms with van der Waals surface area (Å²) in [5.41, 5.74) is 7.43. The van der Waals surface area contributed by atoms with Crippen LogP contribution >= 0.6 is 0 Å². The van der Waals surface area contributed by atoms with Crippen LogP contribution in [-0.4, -0.2) is 6.61 Å². The van der Waals surface area contributed by atoms with Crippen molar-refractivity contribution in [3.63, 3.8) is 0 Å². The van der Waals surface area contributed by atoms with E-state index in [1.807, 2.05) is 12.1 Å². The predicted octanol–water partition coefficient (Wildman–Crippen LogP) is 3.74. The Kier molecular flexibility index (Phi) is 3.03. The summed E-state index contributed by atoms with van der Waals surface area (Å²) in [6.07, 6.45) is 8.72. The van der Waals surface area contributed by atoms with Gasteiger partial charge < -0.3 is 10.5 Å². The fourth-order valence-corrected chi connectivity index (χ4v) is 5.51.